The van der Waals surface area contributed by atoms with Gasteiger partial charge in [-0.05, 0) is 72.7 Å². The van der Waals surface area contributed by atoms with E-state index in [9.17, 15) is 4.79 Å². The molecule has 1 aliphatic heterocycles. The van der Waals surface area contributed by atoms with Crippen LogP contribution in [0.25, 0.3) is 6.08 Å². The summed E-state index contributed by atoms with van der Waals surface area (Å²) in [6.45, 7) is 7.86. The van der Waals surface area contributed by atoms with Crippen LogP contribution in [0.1, 0.15) is 89.3 Å². The number of ether oxygens (including phenoxy) is 1. The van der Waals surface area contributed by atoms with Crippen LogP contribution in [-0.4, -0.2) is 52.5 Å². The van der Waals surface area contributed by atoms with Crippen molar-refractivity contribution in [2.75, 3.05) is 14.1 Å². The van der Waals surface area contributed by atoms with E-state index in [1.807, 2.05) is 26.8 Å². The molecule has 0 N–H and O–H groups in total. The van der Waals surface area contributed by atoms with Gasteiger partial charge in [0.2, 0.25) is 0 Å². The lowest BCUT2D eigenvalue weighted by Crippen LogP contribution is -2.37. The Morgan fingerprint density at radius 3 is 2.37 bits per heavy atom. The van der Waals surface area contributed by atoms with E-state index in [2.05, 4.69) is 43.0 Å². The number of pyridine rings is 1. The third-order valence-electron chi connectivity index (χ3n) is 6.38. The van der Waals surface area contributed by atoms with Gasteiger partial charge < -0.3 is 4.74 Å². The number of carbonyl (C=O) groups excluding carboxylic acids is 1. The molecule has 5 heteroatoms. The number of fused-ring (bicyclic) bond motifs is 1. The Bertz CT molecular complexity index is 750. The molecule has 2 aliphatic rings. The van der Waals surface area contributed by atoms with Crippen LogP contribution < -0.4 is 0 Å². The Kier molecular flexibility index (Phi) is 7.35. The van der Waals surface area contributed by atoms with Crippen molar-refractivity contribution in [2.24, 2.45) is 0 Å². The van der Waals surface area contributed by atoms with Gasteiger partial charge in [-0.25, -0.2) is 4.79 Å². The van der Waals surface area contributed by atoms with Crippen molar-refractivity contribution in [1.82, 2.24) is 14.8 Å². The van der Waals surface area contributed by atoms with Crippen molar-refractivity contribution in [3.8, 4) is 0 Å². The third-order valence-corrected chi connectivity index (χ3v) is 6.38. The summed E-state index contributed by atoms with van der Waals surface area (Å²) in [4.78, 5) is 22.3. The fourth-order valence-corrected chi connectivity index (χ4v) is 4.99. The summed E-state index contributed by atoms with van der Waals surface area (Å²) in [5.41, 5.74) is 2.65. The van der Waals surface area contributed by atoms with Crippen molar-refractivity contribution in [2.45, 2.75) is 96.5 Å². The predicted molar refractivity (Wildman–Crippen MR) is 122 cm³/mol. The number of rotatable bonds is 6. The summed E-state index contributed by atoms with van der Waals surface area (Å²) in [5.74, 6) is -0.323. The van der Waals surface area contributed by atoms with Gasteiger partial charge in [0, 0.05) is 29.4 Å². The first-order valence-electron chi connectivity index (χ1n) is 11.6. The molecule has 0 bridgehead atoms. The number of aromatic nitrogens is 1. The summed E-state index contributed by atoms with van der Waals surface area (Å²) in [6.07, 6.45) is 11.9. The van der Waals surface area contributed by atoms with Crippen LogP contribution in [0.15, 0.2) is 18.2 Å². The van der Waals surface area contributed by atoms with Gasteiger partial charge in [0.25, 0.3) is 0 Å². The topological polar surface area (TPSA) is 45.7 Å². The number of aryl methyl sites for hydroxylation is 1. The maximum atomic E-state index is 12.3. The molecule has 5 nitrogen and oxygen atoms in total. The van der Waals surface area contributed by atoms with Crippen molar-refractivity contribution < 1.29 is 9.53 Å². The van der Waals surface area contributed by atoms with Crippen LogP contribution in [0.5, 0.6) is 0 Å². The van der Waals surface area contributed by atoms with E-state index >= 15 is 0 Å². The van der Waals surface area contributed by atoms with Gasteiger partial charge in [0.15, 0.2) is 0 Å². The van der Waals surface area contributed by atoms with Gasteiger partial charge in [-0.3, -0.25) is 14.8 Å². The zero-order valence-electron chi connectivity index (χ0n) is 19.6. The van der Waals surface area contributed by atoms with Crippen molar-refractivity contribution in [3.05, 3.63) is 35.2 Å². The molecule has 0 aromatic carbocycles. The lowest BCUT2D eigenvalue weighted by Gasteiger charge is -2.29. The maximum Gasteiger partial charge on any atom is 0.331 e. The second kappa shape index (κ2) is 9.61. The molecule has 0 amide bonds. The highest BCUT2D eigenvalue weighted by molar-refractivity contribution is 5.87. The SMILES string of the molecule is CCCCc1ccc(C2N(C)[C@H]3CCCC[C@@H]3N2C)c(/C=C/C(=O)OC(C)(C)C)n1. The van der Waals surface area contributed by atoms with Gasteiger partial charge in [-0.1, -0.05) is 32.3 Å². The van der Waals surface area contributed by atoms with Gasteiger partial charge in [-0.2, -0.15) is 0 Å². The molecular formula is C25H39N3O2. The second-order valence-corrected chi connectivity index (χ2v) is 9.87. The van der Waals surface area contributed by atoms with E-state index in [1.165, 1.54) is 37.3 Å². The fourth-order valence-electron chi connectivity index (χ4n) is 4.99. The molecule has 1 saturated heterocycles. The second-order valence-electron chi connectivity index (χ2n) is 9.87. The lowest BCUT2D eigenvalue weighted by atomic mass is 9.91. The Morgan fingerprint density at radius 2 is 1.80 bits per heavy atom. The summed E-state index contributed by atoms with van der Waals surface area (Å²) in [6, 6.07) is 5.58. The number of esters is 1. The zero-order chi connectivity index (χ0) is 21.9. The lowest BCUT2D eigenvalue weighted by molar-refractivity contribution is -0.148. The summed E-state index contributed by atoms with van der Waals surface area (Å²) < 4.78 is 5.46. The highest BCUT2D eigenvalue weighted by atomic mass is 16.6. The van der Waals surface area contributed by atoms with Crippen molar-refractivity contribution in [3.63, 3.8) is 0 Å². The largest absolute Gasteiger partial charge is 0.457 e. The molecule has 166 valence electrons. The predicted octanol–water partition coefficient (Wildman–Crippen LogP) is 4.97. The molecule has 0 radical (unpaired) electrons. The van der Waals surface area contributed by atoms with Crippen LogP contribution in [0.2, 0.25) is 0 Å². The third kappa shape index (κ3) is 5.30. The highest BCUT2D eigenvalue weighted by Gasteiger charge is 2.45. The minimum Gasteiger partial charge on any atom is -0.457 e. The van der Waals surface area contributed by atoms with E-state index in [0.29, 0.717) is 12.1 Å². The molecule has 1 aromatic heterocycles. The monoisotopic (exact) mass is 413 g/mol. The number of carbonyl (C=O) groups is 1. The average molecular weight is 414 g/mol. The standard InChI is InChI=1S/C25H39N3O2/c1-7-8-11-18-14-15-19(20(26-18)16-17-23(29)30-25(2,3)4)24-27(5)21-12-9-10-13-22(21)28(24)6/h14-17,21-22,24H,7-13H2,1-6H3/b17-16+/t21-,22-/m0/s1. The summed E-state index contributed by atoms with van der Waals surface area (Å²) >= 11 is 0. The van der Waals surface area contributed by atoms with E-state index in [0.717, 1.165) is 30.7 Å². The molecule has 0 unspecified atom stereocenters. The first kappa shape index (κ1) is 23.0. The number of hydrogen-bond acceptors (Lipinski definition) is 5. The fraction of sp³-hybridized carbons (Fsp3) is 0.680. The molecule has 1 aromatic rings. The Labute approximate surface area is 182 Å². The van der Waals surface area contributed by atoms with Crippen LogP contribution in [0, 0.1) is 0 Å². The van der Waals surface area contributed by atoms with Crippen LogP contribution >= 0.6 is 0 Å². The van der Waals surface area contributed by atoms with Crippen molar-refractivity contribution >= 4 is 12.0 Å². The molecule has 1 aliphatic carbocycles. The van der Waals surface area contributed by atoms with Crippen LogP contribution in [0.3, 0.4) is 0 Å². The summed E-state index contributed by atoms with van der Waals surface area (Å²) in [7, 11) is 4.48. The Hall–Kier alpha value is -1.72. The summed E-state index contributed by atoms with van der Waals surface area (Å²) in [5, 5.41) is 0. The zero-order valence-corrected chi connectivity index (χ0v) is 19.6. The Balaban J connectivity index is 1.92. The van der Waals surface area contributed by atoms with Gasteiger partial charge >= 0.3 is 5.97 Å². The van der Waals surface area contributed by atoms with E-state index in [4.69, 9.17) is 9.72 Å². The molecule has 3 rings (SSSR count). The molecule has 2 fully saturated rings. The normalized spacial score (nSPS) is 23.8. The smallest absolute Gasteiger partial charge is 0.331 e. The van der Waals surface area contributed by atoms with Crippen LogP contribution in [-0.2, 0) is 16.0 Å². The minimum atomic E-state index is -0.498. The quantitative estimate of drug-likeness (QED) is 0.487. The maximum absolute atomic E-state index is 12.3. The van der Waals surface area contributed by atoms with E-state index < -0.39 is 5.60 Å². The van der Waals surface area contributed by atoms with Gasteiger partial charge in [-0.15, -0.1) is 0 Å². The number of unbranched alkanes of at least 4 members (excludes halogenated alkanes) is 1. The van der Waals surface area contributed by atoms with Crippen molar-refractivity contribution in [1.29, 1.82) is 0 Å². The number of nitrogens with zero attached hydrogens (tertiary/aromatic N) is 3. The first-order chi connectivity index (χ1) is 14.2. The number of hydrogen-bond donors (Lipinski definition) is 0. The van der Waals surface area contributed by atoms with Crippen LogP contribution in [0.4, 0.5) is 0 Å². The molecule has 2 heterocycles. The molecule has 0 spiro atoms. The highest BCUT2D eigenvalue weighted by Crippen LogP contribution is 2.42. The first-order valence-corrected chi connectivity index (χ1v) is 11.6. The van der Waals surface area contributed by atoms with Gasteiger partial charge in [0.05, 0.1) is 11.9 Å². The number of likely N-dealkylation sites (N-methyl/N-ethyl adjacent to an activating group) is 2. The Morgan fingerprint density at radius 1 is 1.17 bits per heavy atom. The molecule has 2 atom stereocenters. The van der Waals surface area contributed by atoms with Gasteiger partial charge in [0.1, 0.15) is 5.60 Å². The average Bonchev–Trinajstić information content (AvgIpc) is 2.94. The minimum absolute atomic E-state index is 0.184. The van der Waals surface area contributed by atoms with E-state index in [1.54, 1.807) is 0 Å². The molecular weight excluding hydrogens is 374 g/mol. The van der Waals surface area contributed by atoms with E-state index in [-0.39, 0.29) is 12.1 Å². The molecule has 30 heavy (non-hydrogen) atoms. The molecule has 1 saturated carbocycles.